The number of nitrogens with two attached hydrogens (primary N) is 1. The van der Waals surface area contributed by atoms with Crippen LogP contribution < -0.4 is 5.73 Å². The van der Waals surface area contributed by atoms with Gasteiger partial charge in [0.2, 0.25) is 10.0 Å². The lowest BCUT2D eigenvalue weighted by Gasteiger charge is -2.38. The van der Waals surface area contributed by atoms with Crippen LogP contribution in [-0.4, -0.2) is 68.5 Å². The number of benzene rings is 1. The van der Waals surface area contributed by atoms with E-state index in [0.29, 0.717) is 44.0 Å². The Kier molecular flexibility index (Phi) is 7.87. The van der Waals surface area contributed by atoms with Gasteiger partial charge in [0, 0.05) is 37.3 Å². The fourth-order valence-electron chi connectivity index (χ4n) is 3.86. The van der Waals surface area contributed by atoms with E-state index in [1.54, 1.807) is 19.1 Å². The first-order valence-corrected chi connectivity index (χ1v) is 11.0. The van der Waals surface area contributed by atoms with Crippen LogP contribution in [0.1, 0.15) is 42.1 Å². The zero-order chi connectivity index (χ0) is 19.6. The topological polar surface area (TPSA) is 92.9 Å². The molecule has 1 aromatic rings. The molecule has 2 atom stereocenters. The Labute approximate surface area is 173 Å². The van der Waals surface area contributed by atoms with Crippen molar-refractivity contribution in [3.05, 3.63) is 29.3 Å². The van der Waals surface area contributed by atoms with Crippen molar-refractivity contribution < 1.29 is 17.9 Å². The normalized spacial score (nSPS) is 22.4. The lowest BCUT2D eigenvalue weighted by Crippen LogP contribution is -2.51. The van der Waals surface area contributed by atoms with Crippen LogP contribution in [0.25, 0.3) is 0 Å². The summed E-state index contributed by atoms with van der Waals surface area (Å²) in [6.45, 7) is 5.77. The van der Waals surface area contributed by atoms with E-state index < -0.39 is 10.0 Å². The number of sulfonamides is 1. The summed E-state index contributed by atoms with van der Waals surface area (Å²) in [4.78, 5) is 15.1. The fraction of sp³-hybridized carbons (Fsp3) is 0.632. The summed E-state index contributed by atoms with van der Waals surface area (Å²) >= 11 is 0. The first-order chi connectivity index (χ1) is 12.8. The van der Waals surface area contributed by atoms with E-state index in [9.17, 15) is 13.2 Å². The molecule has 0 radical (unpaired) electrons. The van der Waals surface area contributed by atoms with Gasteiger partial charge in [-0.1, -0.05) is 6.07 Å². The summed E-state index contributed by atoms with van der Waals surface area (Å²) in [5.74, 6) is -0.143. The summed E-state index contributed by atoms with van der Waals surface area (Å²) in [5, 5.41) is 0. The molecule has 0 aromatic heterocycles. The van der Waals surface area contributed by atoms with Gasteiger partial charge in [0.15, 0.2) is 0 Å². The van der Waals surface area contributed by atoms with E-state index in [-0.39, 0.29) is 35.3 Å². The van der Waals surface area contributed by atoms with Crippen LogP contribution >= 0.6 is 12.4 Å². The summed E-state index contributed by atoms with van der Waals surface area (Å²) in [6.07, 6.45) is 2.88. The molecular formula is C19H30ClN3O4S. The van der Waals surface area contributed by atoms with Gasteiger partial charge in [0.1, 0.15) is 0 Å². The van der Waals surface area contributed by atoms with Crippen molar-refractivity contribution in [3.63, 3.8) is 0 Å². The maximum absolute atomic E-state index is 13.1. The minimum atomic E-state index is -3.65. The number of hydrogen-bond acceptors (Lipinski definition) is 5. The third-order valence-electron chi connectivity index (χ3n) is 5.44. The third kappa shape index (κ3) is 4.68. The standard InChI is InChI=1S/C19H29N3O4S.ClH/c1-14-6-7-16(19(23)22-8-4-3-5-17(22)15(2)20)13-18(14)27(24,25)21-9-11-26-12-10-21;/h6-7,13,15,17H,3-5,8-12,20H2,1-2H3;1H. The summed E-state index contributed by atoms with van der Waals surface area (Å²) in [5.41, 5.74) is 7.13. The molecule has 2 fully saturated rings. The number of carbonyl (C=O) groups excluding carboxylic acids is 1. The van der Waals surface area contributed by atoms with Gasteiger partial charge in [-0.05, 0) is 50.8 Å². The Morgan fingerprint density at radius 3 is 2.54 bits per heavy atom. The number of ether oxygens (including phenoxy) is 1. The molecule has 28 heavy (non-hydrogen) atoms. The van der Waals surface area contributed by atoms with Gasteiger partial charge in [-0.2, -0.15) is 4.31 Å². The van der Waals surface area contributed by atoms with E-state index in [2.05, 4.69) is 0 Å². The third-order valence-corrected chi connectivity index (χ3v) is 7.48. The predicted molar refractivity (Wildman–Crippen MR) is 110 cm³/mol. The molecule has 3 rings (SSSR count). The van der Waals surface area contributed by atoms with Crippen molar-refractivity contribution in [1.29, 1.82) is 0 Å². The second-order valence-electron chi connectivity index (χ2n) is 7.42. The Morgan fingerprint density at radius 1 is 1.21 bits per heavy atom. The number of amides is 1. The molecular weight excluding hydrogens is 402 g/mol. The summed E-state index contributed by atoms with van der Waals surface area (Å²) < 4.78 is 32.8. The number of hydrogen-bond donors (Lipinski definition) is 1. The fourth-order valence-corrected chi connectivity index (χ4v) is 5.52. The number of halogens is 1. The highest BCUT2D eigenvalue weighted by atomic mass is 35.5. The first kappa shape index (κ1) is 23.1. The lowest BCUT2D eigenvalue weighted by atomic mass is 9.96. The molecule has 1 aromatic carbocycles. The average molecular weight is 432 g/mol. The van der Waals surface area contributed by atoms with Crippen LogP contribution in [0, 0.1) is 6.92 Å². The highest BCUT2D eigenvalue weighted by Crippen LogP contribution is 2.26. The molecule has 2 aliphatic rings. The number of carbonyl (C=O) groups is 1. The molecule has 0 spiro atoms. The Balaban J connectivity index is 0.00000280. The van der Waals surface area contributed by atoms with E-state index in [1.165, 1.54) is 10.4 Å². The van der Waals surface area contributed by atoms with Gasteiger partial charge in [-0.3, -0.25) is 4.79 Å². The quantitative estimate of drug-likeness (QED) is 0.784. The van der Waals surface area contributed by atoms with Crippen molar-refractivity contribution in [1.82, 2.24) is 9.21 Å². The highest BCUT2D eigenvalue weighted by molar-refractivity contribution is 7.89. The van der Waals surface area contributed by atoms with Crippen LogP contribution in [0.3, 0.4) is 0 Å². The second kappa shape index (κ2) is 9.54. The molecule has 0 saturated carbocycles. The SMILES string of the molecule is Cc1ccc(C(=O)N2CCCCC2C(C)N)cc1S(=O)(=O)N1CCOCC1.Cl. The van der Waals surface area contributed by atoms with Crippen molar-refractivity contribution in [2.75, 3.05) is 32.8 Å². The van der Waals surface area contributed by atoms with Crippen LogP contribution in [0.2, 0.25) is 0 Å². The number of morpholine rings is 1. The molecule has 7 nitrogen and oxygen atoms in total. The minimum absolute atomic E-state index is 0. The molecule has 0 bridgehead atoms. The molecule has 0 aliphatic carbocycles. The Hall–Kier alpha value is -1.19. The highest BCUT2D eigenvalue weighted by Gasteiger charge is 2.32. The van der Waals surface area contributed by atoms with Crippen LogP contribution in [-0.2, 0) is 14.8 Å². The van der Waals surface area contributed by atoms with E-state index in [1.807, 2.05) is 11.8 Å². The molecule has 2 saturated heterocycles. The van der Waals surface area contributed by atoms with Crippen molar-refractivity contribution in [2.45, 2.75) is 50.1 Å². The van der Waals surface area contributed by atoms with Gasteiger partial charge >= 0.3 is 0 Å². The van der Waals surface area contributed by atoms with E-state index in [4.69, 9.17) is 10.5 Å². The van der Waals surface area contributed by atoms with Crippen molar-refractivity contribution in [2.24, 2.45) is 5.73 Å². The number of piperidine rings is 1. The predicted octanol–water partition coefficient (Wildman–Crippen LogP) is 1.78. The maximum Gasteiger partial charge on any atom is 0.254 e. The molecule has 2 aliphatic heterocycles. The number of aryl methyl sites for hydroxylation is 1. The van der Waals surface area contributed by atoms with Gasteiger partial charge in [-0.25, -0.2) is 8.42 Å². The van der Waals surface area contributed by atoms with Crippen molar-refractivity contribution >= 4 is 28.3 Å². The monoisotopic (exact) mass is 431 g/mol. The van der Waals surface area contributed by atoms with Gasteiger partial charge < -0.3 is 15.4 Å². The van der Waals surface area contributed by atoms with Gasteiger partial charge in [0.25, 0.3) is 5.91 Å². The van der Waals surface area contributed by atoms with Crippen LogP contribution in [0.5, 0.6) is 0 Å². The van der Waals surface area contributed by atoms with Gasteiger partial charge in [0.05, 0.1) is 18.1 Å². The molecule has 2 heterocycles. The molecule has 1 amide bonds. The zero-order valence-electron chi connectivity index (χ0n) is 16.5. The molecule has 9 heteroatoms. The van der Waals surface area contributed by atoms with Crippen LogP contribution in [0.4, 0.5) is 0 Å². The van der Waals surface area contributed by atoms with Crippen molar-refractivity contribution in [3.8, 4) is 0 Å². The zero-order valence-corrected chi connectivity index (χ0v) is 18.1. The summed E-state index contributed by atoms with van der Waals surface area (Å²) in [6, 6.07) is 4.83. The molecule has 2 N–H and O–H groups in total. The first-order valence-electron chi connectivity index (χ1n) is 9.57. The smallest absolute Gasteiger partial charge is 0.254 e. The van der Waals surface area contributed by atoms with Crippen LogP contribution in [0.15, 0.2) is 23.1 Å². The average Bonchev–Trinajstić information content (AvgIpc) is 2.68. The molecule has 158 valence electrons. The Morgan fingerprint density at radius 2 is 1.89 bits per heavy atom. The Bertz CT molecular complexity index is 794. The summed E-state index contributed by atoms with van der Waals surface area (Å²) in [7, 11) is -3.65. The number of rotatable bonds is 4. The van der Waals surface area contributed by atoms with Gasteiger partial charge in [-0.15, -0.1) is 12.4 Å². The van der Waals surface area contributed by atoms with E-state index >= 15 is 0 Å². The molecule has 2 unspecified atom stereocenters. The number of likely N-dealkylation sites (tertiary alicyclic amines) is 1. The largest absolute Gasteiger partial charge is 0.379 e. The maximum atomic E-state index is 13.1. The number of nitrogens with zero attached hydrogens (tertiary/aromatic N) is 2. The lowest BCUT2D eigenvalue weighted by molar-refractivity contribution is 0.0583. The second-order valence-corrected chi connectivity index (χ2v) is 9.32. The minimum Gasteiger partial charge on any atom is -0.379 e. The van der Waals surface area contributed by atoms with E-state index in [0.717, 1.165) is 19.3 Å².